The summed E-state index contributed by atoms with van der Waals surface area (Å²) in [6.07, 6.45) is 0. The summed E-state index contributed by atoms with van der Waals surface area (Å²) in [6.45, 7) is 6.74. The molecular weight excluding hydrogens is 373 g/mol. The number of nitrogens with one attached hydrogen (secondary N) is 1. The molecule has 8 heteroatoms. The average molecular weight is 399 g/mol. The molecule has 1 aliphatic heterocycles. The van der Waals surface area contributed by atoms with E-state index in [0.717, 1.165) is 31.9 Å². The maximum atomic E-state index is 12.4. The summed E-state index contributed by atoms with van der Waals surface area (Å²) >= 11 is 5.83. The molecule has 2 rings (SSSR count). The molecule has 138 valence electrons. The van der Waals surface area contributed by atoms with Crippen molar-refractivity contribution in [1.29, 1.82) is 0 Å². The van der Waals surface area contributed by atoms with Gasteiger partial charge in [-0.3, -0.25) is 9.69 Å². The number of carbonyl (C=O) groups excluding carboxylic acids is 1. The Morgan fingerprint density at radius 3 is 2.46 bits per heavy atom. The van der Waals surface area contributed by atoms with Crippen molar-refractivity contribution in [2.24, 2.45) is 0 Å². The molecule has 0 aromatic heterocycles. The van der Waals surface area contributed by atoms with Crippen molar-refractivity contribution in [2.75, 3.05) is 46.4 Å². The number of rotatable bonds is 6. The highest BCUT2D eigenvalue weighted by Crippen LogP contribution is 2.15. The van der Waals surface area contributed by atoms with Gasteiger partial charge in [0.2, 0.25) is 5.91 Å². The first-order valence-corrected chi connectivity index (χ1v) is 8.04. The first-order valence-electron chi connectivity index (χ1n) is 7.66. The lowest BCUT2D eigenvalue weighted by Gasteiger charge is -2.34. The number of likely N-dealkylation sites (N-methyl/N-ethyl adjacent to an activating group) is 1. The number of halogens is 3. The van der Waals surface area contributed by atoms with Crippen molar-refractivity contribution in [2.45, 2.75) is 13.0 Å². The maximum absolute atomic E-state index is 12.4. The van der Waals surface area contributed by atoms with E-state index in [0.29, 0.717) is 18.2 Å². The Morgan fingerprint density at radius 2 is 1.88 bits per heavy atom. The van der Waals surface area contributed by atoms with Crippen LogP contribution in [0.4, 0.5) is 0 Å². The second kappa shape index (κ2) is 11.8. The Morgan fingerprint density at radius 1 is 1.29 bits per heavy atom. The molecule has 0 saturated carbocycles. The van der Waals surface area contributed by atoms with Crippen LogP contribution in [0, 0.1) is 0 Å². The van der Waals surface area contributed by atoms with Crippen LogP contribution in [-0.2, 0) is 4.79 Å². The van der Waals surface area contributed by atoms with Crippen LogP contribution in [0.2, 0.25) is 5.02 Å². The number of benzene rings is 1. The Kier molecular flexibility index (Phi) is 11.4. The number of nitrogens with zero attached hydrogens (tertiary/aromatic N) is 2. The fraction of sp³-hybridized carbons (Fsp3) is 0.562. The van der Waals surface area contributed by atoms with Crippen LogP contribution in [0.3, 0.4) is 0 Å². The Labute approximate surface area is 161 Å². The molecule has 1 aliphatic rings. The zero-order valence-electron chi connectivity index (χ0n) is 14.0. The smallest absolute Gasteiger partial charge is 0.239 e. The summed E-state index contributed by atoms with van der Waals surface area (Å²) in [5.41, 5.74) is 0. The van der Waals surface area contributed by atoms with Crippen molar-refractivity contribution in [3.8, 4) is 5.75 Å². The molecule has 1 amide bonds. The van der Waals surface area contributed by atoms with E-state index in [-0.39, 0.29) is 36.8 Å². The highest BCUT2D eigenvalue weighted by atomic mass is 35.5. The van der Waals surface area contributed by atoms with Crippen molar-refractivity contribution in [1.82, 2.24) is 15.1 Å². The fourth-order valence-corrected chi connectivity index (χ4v) is 2.61. The number of piperazine rings is 1. The molecule has 1 aromatic rings. The van der Waals surface area contributed by atoms with Crippen LogP contribution in [0.5, 0.6) is 5.75 Å². The van der Waals surface area contributed by atoms with Gasteiger partial charge in [0.05, 0.1) is 12.6 Å². The lowest BCUT2D eigenvalue weighted by molar-refractivity contribution is -0.135. The molecule has 5 nitrogen and oxygen atoms in total. The van der Waals surface area contributed by atoms with Crippen molar-refractivity contribution in [3.63, 3.8) is 0 Å². The van der Waals surface area contributed by atoms with Crippen LogP contribution >= 0.6 is 36.4 Å². The second-order valence-corrected chi connectivity index (χ2v) is 5.96. The fourth-order valence-electron chi connectivity index (χ4n) is 2.49. The van der Waals surface area contributed by atoms with Crippen molar-refractivity contribution < 1.29 is 9.53 Å². The summed E-state index contributed by atoms with van der Waals surface area (Å²) in [7, 11) is 1.83. The minimum absolute atomic E-state index is 0. The number of amides is 1. The maximum Gasteiger partial charge on any atom is 0.239 e. The van der Waals surface area contributed by atoms with Gasteiger partial charge in [-0.15, -0.1) is 24.8 Å². The molecule has 1 fully saturated rings. The zero-order chi connectivity index (χ0) is 15.9. The van der Waals surface area contributed by atoms with Crippen molar-refractivity contribution in [3.05, 3.63) is 29.3 Å². The first-order chi connectivity index (χ1) is 10.6. The molecule has 0 spiro atoms. The van der Waals surface area contributed by atoms with E-state index in [1.54, 1.807) is 17.0 Å². The highest BCUT2D eigenvalue weighted by Gasteiger charge is 2.24. The third-order valence-corrected chi connectivity index (χ3v) is 4.19. The molecular formula is C16H26Cl3N3O2. The van der Waals surface area contributed by atoms with E-state index in [2.05, 4.69) is 10.2 Å². The van der Waals surface area contributed by atoms with E-state index in [9.17, 15) is 4.79 Å². The van der Waals surface area contributed by atoms with Gasteiger partial charge in [0, 0.05) is 38.2 Å². The van der Waals surface area contributed by atoms with E-state index in [1.807, 2.05) is 26.1 Å². The minimum atomic E-state index is -0.0809. The van der Waals surface area contributed by atoms with E-state index in [4.69, 9.17) is 16.3 Å². The Balaban J connectivity index is 0.00000264. The van der Waals surface area contributed by atoms with Crippen LogP contribution < -0.4 is 10.1 Å². The summed E-state index contributed by atoms with van der Waals surface area (Å²) in [5, 5.41) is 3.98. The molecule has 1 N–H and O–H groups in total. The summed E-state index contributed by atoms with van der Waals surface area (Å²) < 4.78 is 5.63. The molecule has 1 unspecified atom stereocenters. The topological polar surface area (TPSA) is 44.8 Å². The van der Waals surface area contributed by atoms with Gasteiger partial charge < -0.3 is 15.0 Å². The van der Waals surface area contributed by atoms with Gasteiger partial charge in [-0.1, -0.05) is 11.6 Å². The number of hydrogen-bond donors (Lipinski definition) is 1. The van der Waals surface area contributed by atoms with Crippen LogP contribution in [0.1, 0.15) is 6.92 Å². The van der Waals surface area contributed by atoms with Gasteiger partial charge in [-0.05, 0) is 31.2 Å². The predicted molar refractivity (Wildman–Crippen MR) is 103 cm³/mol. The molecule has 1 saturated heterocycles. The molecule has 0 bridgehead atoms. The third-order valence-electron chi connectivity index (χ3n) is 3.94. The van der Waals surface area contributed by atoms with Crippen LogP contribution in [0.15, 0.2) is 24.3 Å². The van der Waals surface area contributed by atoms with E-state index < -0.39 is 0 Å². The van der Waals surface area contributed by atoms with Gasteiger partial charge in [-0.2, -0.15) is 0 Å². The number of carbonyl (C=O) groups is 1. The monoisotopic (exact) mass is 397 g/mol. The van der Waals surface area contributed by atoms with Gasteiger partial charge in [0.1, 0.15) is 12.4 Å². The van der Waals surface area contributed by atoms with E-state index in [1.165, 1.54) is 0 Å². The standard InChI is InChI=1S/C16H24ClN3O2.2ClH/c1-13(20-9-7-18-8-10-20)16(21)19(2)11-12-22-15-5-3-14(17)4-6-15;;/h3-6,13,18H,7-12H2,1-2H3;2*1H. The molecule has 1 atom stereocenters. The number of ether oxygens (including phenoxy) is 1. The number of hydrogen-bond acceptors (Lipinski definition) is 4. The Hall–Kier alpha value is -0.720. The summed E-state index contributed by atoms with van der Waals surface area (Å²) in [5.74, 6) is 0.905. The van der Waals surface area contributed by atoms with Gasteiger partial charge in [-0.25, -0.2) is 0 Å². The summed E-state index contributed by atoms with van der Waals surface area (Å²) in [4.78, 5) is 16.4. The molecule has 24 heavy (non-hydrogen) atoms. The van der Waals surface area contributed by atoms with E-state index >= 15 is 0 Å². The SMILES string of the molecule is CC(C(=O)N(C)CCOc1ccc(Cl)cc1)N1CCNCC1.Cl.Cl. The first kappa shape index (κ1) is 23.3. The van der Waals surface area contributed by atoms with Gasteiger partial charge in [0.15, 0.2) is 0 Å². The van der Waals surface area contributed by atoms with Gasteiger partial charge >= 0.3 is 0 Å². The zero-order valence-corrected chi connectivity index (χ0v) is 16.4. The second-order valence-electron chi connectivity index (χ2n) is 5.52. The lowest BCUT2D eigenvalue weighted by atomic mass is 10.2. The lowest BCUT2D eigenvalue weighted by Crippen LogP contribution is -2.53. The largest absolute Gasteiger partial charge is 0.492 e. The molecule has 1 aromatic carbocycles. The van der Waals surface area contributed by atoms with Crippen molar-refractivity contribution >= 4 is 42.3 Å². The average Bonchev–Trinajstić information content (AvgIpc) is 2.56. The highest BCUT2D eigenvalue weighted by molar-refractivity contribution is 6.30. The quantitative estimate of drug-likeness (QED) is 0.799. The molecule has 1 heterocycles. The van der Waals surface area contributed by atoms with Crippen LogP contribution in [0.25, 0.3) is 0 Å². The van der Waals surface area contributed by atoms with Crippen LogP contribution in [-0.4, -0.2) is 68.1 Å². The Bertz CT molecular complexity index is 482. The normalized spacial score (nSPS) is 15.6. The molecule has 0 aliphatic carbocycles. The van der Waals surface area contributed by atoms with Gasteiger partial charge in [0.25, 0.3) is 0 Å². The summed E-state index contributed by atoms with van der Waals surface area (Å²) in [6, 6.07) is 7.15. The third kappa shape index (κ3) is 7.03. The predicted octanol–water partition coefficient (Wildman–Crippen LogP) is 2.31. The minimum Gasteiger partial charge on any atom is -0.492 e. The molecule has 0 radical (unpaired) electrons.